The lowest BCUT2D eigenvalue weighted by Crippen LogP contribution is -2.51. The van der Waals surface area contributed by atoms with Crippen LogP contribution in [-0.2, 0) is 14.4 Å². The lowest BCUT2D eigenvalue weighted by atomic mass is 9.98. The van der Waals surface area contributed by atoms with Crippen LogP contribution in [0, 0.1) is 5.41 Å². The van der Waals surface area contributed by atoms with E-state index in [1.807, 2.05) is 0 Å². The first-order chi connectivity index (χ1) is 11.7. The summed E-state index contributed by atoms with van der Waals surface area (Å²) in [7, 11) is 0. The van der Waals surface area contributed by atoms with E-state index >= 15 is 0 Å². The van der Waals surface area contributed by atoms with Crippen molar-refractivity contribution in [2.75, 3.05) is 6.54 Å². The van der Waals surface area contributed by atoms with Crippen molar-refractivity contribution in [1.29, 1.82) is 0 Å². The van der Waals surface area contributed by atoms with Crippen LogP contribution in [0.5, 0.6) is 0 Å². The lowest BCUT2D eigenvalue weighted by molar-refractivity contribution is -0.204. The molecule has 1 aromatic carbocycles. The van der Waals surface area contributed by atoms with Gasteiger partial charge in [-0.1, -0.05) is 22.0 Å². The maximum atomic E-state index is 12.3. The number of hydrazine groups is 1. The Labute approximate surface area is 155 Å². The molecular weight excluding hydrogens is 390 g/mol. The Hall–Kier alpha value is -1.93. The Balaban J connectivity index is 1.91. The molecule has 1 atom stereocenters. The predicted octanol–water partition coefficient (Wildman–Crippen LogP) is 2.18. The Morgan fingerprint density at radius 3 is 2.60 bits per heavy atom. The number of hydrogen-bond donors (Lipinski definition) is 2. The molecule has 7 nitrogen and oxygen atoms in total. The Bertz CT molecular complexity index is 672. The number of carbonyl (C=O) groups excluding carboxylic acids is 3. The van der Waals surface area contributed by atoms with Gasteiger partial charge in [0.1, 0.15) is 6.04 Å². The van der Waals surface area contributed by atoms with Crippen LogP contribution >= 0.6 is 15.9 Å². The molecule has 0 radical (unpaired) electrons. The van der Waals surface area contributed by atoms with Gasteiger partial charge in [0.25, 0.3) is 11.8 Å². The molecule has 0 aromatic heterocycles. The summed E-state index contributed by atoms with van der Waals surface area (Å²) < 4.78 is 0.766. The van der Waals surface area contributed by atoms with Gasteiger partial charge in [0.05, 0.1) is 5.41 Å². The van der Waals surface area contributed by atoms with E-state index in [-0.39, 0.29) is 0 Å². The number of nitrogens with zero attached hydrogens (tertiary/aromatic N) is 1. The van der Waals surface area contributed by atoms with Gasteiger partial charge < -0.3 is 4.84 Å². The van der Waals surface area contributed by atoms with E-state index < -0.39 is 29.2 Å². The fraction of sp³-hybridized carbons (Fsp3) is 0.471. The Morgan fingerprint density at radius 1 is 1.24 bits per heavy atom. The maximum Gasteiger partial charge on any atom is 0.330 e. The van der Waals surface area contributed by atoms with Gasteiger partial charge in [0.2, 0.25) is 0 Å². The molecule has 1 fully saturated rings. The molecule has 2 N–H and O–H groups in total. The molecular formula is C17H22BrN3O4. The fourth-order valence-corrected chi connectivity index (χ4v) is 2.66. The van der Waals surface area contributed by atoms with Crippen LogP contribution < -0.4 is 10.9 Å². The van der Waals surface area contributed by atoms with Crippen LogP contribution in [0.3, 0.4) is 0 Å². The molecule has 1 saturated heterocycles. The van der Waals surface area contributed by atoms with Crippen LogP contribution in [0.2, 0.25) is 0 Å². The van der Waals surface area contributed by atoms with Crippen molar-refractivity contribution in [2.45, 2.75) is 39.7 Å². The second-order valence-corrected chi connectivity index (χ2v) is 7.80. The van der Waals surface area contributed by atoms with Gasteiger partial charge >= 0.3 is 5.97 Å². The van der Waals surface area contributed by atoms with E-state index in [4.69, 9.17) is 4.84 Å². The summed E-state index contributed by atoms with van der Waals surface area (Å²) in [6.07, 6.45) is 1.28. The molecule has 1 unspecified atom stereocenters. The molecule has 1 heterocycles. The minimum Gasteiger partial charge on any atom is -0.367 e. The molecule has 136 valence electrons. The first-order valence-electron chi connectivity index (χ1n) is 8.03. The van der Waals surface area contributed by atoms with Crippen LogP contribution in [0.25, 0.3) is 0 Å². The second kappa shape index (κ2) is 7.97. The van der Waals surface area contributed by atoms with E-state index in [2.05, 4.69) is 26.8 Å². The van der Waals surface area contributed by atoms with Gasteiger partial charge in [-0.2, -0.15) is 0 Å². The number of carbonyl (C=O) groups is 3. The van der Waals surface area contributed by atoms with Crippen LogP contribution in [-0.4, -0.2) is 35.4 Å². The molecule has 25 heavy (non-hydrogen) atoms. The third-order valence-corrected chi connectivity index (χ3v) is 4.20. The van der Waals surface area contributed by atoms with Crippen molar-refractivity contribution in [3.8, 4) is 0 Å². The highest BCUT2D eigenvalue weighted by atomic mass is 79.9. The molecule has 8 heteroatoms. The highest BCUT2D eigenvalue weighted by Gasteiger charge is 2.36. The number of nitrogens with one attached hydrogen (secondary N) is 2. The van der Waals surface area contributed by atoms with Gasteiger partial charge in [-0.3, -0.25) is 20.4 Å². The minimum absolute atomic E-state index is 0.398. The topological polar surface area (TPSA) is 87.7 Å². The van der Waals surface area contributed by atoms with Crippen molar-refractivity contribution in [1.82, 2.24) is 15.9 Å². The maximum absolute atomic E-state index is 12.3. The molecule has 2 amide bonds. The summed E-state index contributed by atoms with van der Waals surface area (Å²) in [5, 5.41) is 1.38. The summed E-state index contributed by atoms with van der Waals surface area (Å²) in [6, 6.07) is 6.20. The number of amides is 2. The summed E-state index contributed by atoms with van der Waals surface area (Å²) in [5.74, 6) is -1.24. The summed E-state index contributed by atoms with van der Waals surface area (Å²) in [5.41, 5.74) is 4.54. The number of halogens is 1. The Morgan fingerprint density at radius 2 is 1.96 bits per heavy atom. The van der Waals surface area contributed by atoms with Crippen molar-refractivity contribution in [3.63, 3.8) is 0 Å². The molecule has 0 aliphatic carbocycles. The highest BCUT2D eigenvalue weighted by Crippen LogP contribution is 2.22. The average molecular weight is 412 g/mol. The number of hydroxylamine groups is 2. The summed E-state index contributed by atoms with van der Waals surface area (Å²) in [6.45, 7) is 5.73. The van der Waals surface area contributed by atoms with Gasteiger partial charge in [-0.15, -0.1) is 5.06 Å². The number of hydrogen-bond acceptors (Lipinski definition) is 5. The molecule has 1 aliphatic rings. The lowest BCUT2D eigenvalue weighted by Gasteiger charge is -2.26. The highest BCUT2D eigenvalue weighted by molar-refractivity contribution is 9.10. The third kappa shape index (κ3) is 5.27. The van der Waals surface area contributed by atoms with Gasteiger partial charge in [0, 0.05) is 16.6 Å². The first-order valence-corrected chi connectivity index (χ1v) is 8.82. The minimum atomic E-state index is -0.654. The summed E-state index contributed by atoms with van der Waals surface area (Å²) >= 11 is 3.29. The normalized spacial score (nSPS) is 17.8. The zero-order valence-electron chi connectivity index (χ0n) is 14.5. The zero-order valence-corrected chi connectivity index (χ0v) is 16.1. The van der Waals surface area contributed by atoms with Crippen molar-refractivity contribution < 1.29 is 19.2 Å². The number of benzene rings is 1. The van der Waals surface area contributed by atoms with E-state index in [9.17, 15) is 14.4 Å². The van der Waals surface area contributed by atoms with E-state index in [1.54, 1.807) is 45.0 Å². The molecule has 1 aromatic rings. The number of rotatable bonds is 3. The van der Waals surface area contributed by atoms with Crippen LogP contribution in [0.4, 0.5) is 0 Å². The largest absolute Gasteiger partial charge is 0.367 e. The average Bonchev–Trinajstić information content (AvgIpc) is 2.99. The van der Waals surface area contributed by atoms with Gasteiger partial charge in [0.15, 0.2) is 0 Å². The quantitative estimate of drug-likeness (QED) is 0.744. The first kappa shape index (κ1) is 19.4. The SMILES string of the molecule is CC(C)(C)C(=O)ON1CCCC1C(=O)NNC(=O)c1cccc(Br)c1. The molecule has 1 aliphatic heterocycles. The van der Waals surface area contributed by atoms with Crippen LogP contribution in [0.1, 0.15) is 44.0 Å². The van der Waals surface area contributed by atoms with E-state index in [0.717, 1.165) is 10.9 Å². The molecule has 0 saturated carbocycles. The molecule has 2 rings (SSSR count). The van der Waals surface area contributed by atoms with Crippen molar-refractivity contribution >= 4 is 33.7 Å². The predicted molar refractivity (Wildman–Crippen MR) is 95.0 cm³/mol. The fourth-order valence-electron chi connectivity index (χ4n) is 2.26. The standard InChI is InChI=1S/C17H22BrN3O4/c1-17(2,3)16(24)25-21-9-5-8-13(21)15(23)20-19-14(22)11-6-4-7-12(18)10-11/h4,6-7,10,13H,5,8-9H2,1-3H3,(H,19,22)(H,20,23). The van der Waals surface area contributed by atoms with E-state index in [1.165, 1.54) is 5.06 Å². The molecule has 0 bridgehead atoms. The van der Waals surface area contributed by atoms with E-state index in [0.29, 0.717) is 18.5 Å². The van der Waals surface area contributed by atoms with Crippen molar-refractivity contribution in [3.05, 3.63) is 34.3 Å². The third-order valence-electron chi connectivity index (χ3n) is 3.70. The Kier molecular flexibility index (Phi) is 6.18. The molecule has 0 spiro atoms. The van der Waals surface area contributed by atoms with Gasteiger partial charge in [-0.25, -0.2) is 4.79 Å². The second-order valence-electron chi connectivity index (χ2n) is 6.88. The zero-order chi connectivity index (χ0) is 18.6. The van der Waals surface area contributed by atoms with Gasteiger partial charge in [-0.05, 0) is 51.8 Å². The van der Waals surface area contributed by atoms with Crippen LogP contribution in [0.15, 0.2) is 28.7 Å². The summed E-state index contributed by atoms with van der Waals surface area (Å²) in [4.78, 5) is 41.7. The van der Waals surface area contributed by atoms with Crippen molar-refractivity contribution in [2.24, 2.45) is 5.41 Å². The smallest absolute Gasteiger partial charge is 0.330 e. The monoisotopic (exact) mass is 411 g/mol.